The Labute approximate surface area is 626 Å². The van der Waals surface area contributed by atoms with Crippen LogP contribution in [0.5, 0.6) is 28.7 Å². The highest BCUT2D eigenvalue weighted by atomic mass is 35.5. The first-order valence-corrected chi connectivity index (χ1v) is 35.9. The average Bonchev–Trinajstić information content (AvgIpc) is 0.796. The Morgan fingerprint density at radius 3 is 1.46 bits per heavy atom. The lowest BCUT2D eigenvalue weighted by molar-refractivity contribution is 0.355. The number of rotatable bonds is 14. The number of likely N-dealkylation sites (N-methyl/N-ethyl adjacent to an activating group) is 1. The van der Waals surface area contributed by atoms with E-state index >= 15 is 0 Å². The third kappa shape index (κ3) is 17.4. The maximum Gasteiger partial charge on any atom is 0.258 e. The number of anilines is 2. The van der Waals surface area contributed by atoms with E-state index in [1.165, 1.54) is 63.5 Å². The first kappa shape index (κ1) is 74.7. The highest BCUT2D eigenvalue weighted by Gasteiger charge is 2.21. The molecule has 2 saturated heterocycles. The zero-order valence-corrected chi connectivity index (χ0v) is 61.7. The van der Waals surface area contributed by atoms with Crippen LogP contribution in [0.1, 0.15) is 43.7 Å². The number of hydrogen-bond donors (Lipinski definition) is 4. The number of ether oxygens (including phenoxy) is 5. The molecule has 12 aromatic rings. The minimum absolute atomic E-state index is 0.106. The van der Waals surface area contributed by atoms with Gasteiger partial charge in [-0.25, -0.2) is 28.7 Å². The summed E-state index contributed by atoms with van der Waals surface area (Å²) in [5.41, 5.74) is 12.8. The lowest BCUT2D eigenvalue weighted by Crippen LogP contribution is -2.49. The molecule has 108 heavy (non-hydrogen) atoms. The normalized spacial score (nSPS) is 15.4. The standard InChI is InChI=1S/C22H23N3O3.C21H24N4O3.C20H18FN3O2.C19H18ClFN4O/c1-24-10-8-15(9-11-24)17-5-7-21-23-18(13-22(26)25(21)14-17)16-4-6-19(27-2)20(12-16)28-3;1-27-18-5-3-14(11-19(18)28-2)17-12-21(26)25-13-16(4-6-20(25)24-17)23-15-7-9-22-10-8-15;1-26-18-4-2-14(10-16(18)21)17-11-20(25)24-12-15(3-5-19(24)23-17)13-6-8-22-9-7-13;1-12-10-24(5-4-22-12)16-2-3-18-23-17(9-19(26)25(18)11-16)13-6-14(20)8-15(21)7-13/h4-8,12-14H,9-11H2,1-3H3;3-6,11-13,15,22-23H,7-10H2,1-2H3;2-6,10-12,22H,7-9H2,1H3;2-3,6-9,11-12,22H,4-5,10H2,1H3/t;;;12-/m...0/s1. The average molecular weight is 1480 g/mol. The fraction of sp³-hybridized carbons (Fsp3) is 0.268. The van der Waals surface area contributed by atoms with Gasteiger partial charge in [0.25, 0.3) is 22.2 Å². The van der Waals surface area contributed by atoms with E-state index < -0.39 is 11.6 Å². The number of hydrogen-bond acceptors (Lipinski definition) is 19. The number of pyridine rings is 4. The molecule has 4 N–H and O–H groups in total. The highest BCUT2D eigenvalue weighted by molar-refractivity contribution is 6.30. The first-order chi connectivity index (χ1) is 52.4. The maximum absolute atomic E-state index is 14.0. The van der Waals surface area contributed by atoms with E-state index in [1.807, 2.05) is 110 Å². The predicted octanol–water partition coefficient (Wildman–Crippen LogP) is 11.5. The second-order valence-corrected chi connectivity index (χ2v) is 27.0. The number of aromatic nitrogens is 8. The van der Waals surface area contributed by atoms with Crippen LogP contribution in [0.15, 0.2) is 202 Å². The van der Waals surface area contributed by atoms with Crippen LogP contribution in [0.25, 0.3) is 78.8 Å². The van der Waals surface area contributed by atoms with Crippen molar-refractivity contribution in [2.75, 3.05) is 112 Å². The van der Waals surface area contributed by atoms with Gasteiger partial charge in [-0.1, -0.05) is 23.8 Å². The molecule has 0 unspecified atom stereocenters. The SMILES string of the molecule is COc1ccc(-c2cc(=O)n3cc(C4=CCN(C)CC4)ccc3n2)cc1OC.COc1ccc(-c2cc(=O)n3cc(C4=CCNCC4)ccc3n2)cc1F.COc1ccc(-c2cc(=O)n3cc(NC4CCNCC4)ccc3n2)cc1OC.C[C@H]1CN(c2ccc3nc(-c4cc(F)cc(Cl)c4)cc(=O)n3c2)CCN1. The zero-order chi connectivity index (χ0) is 75.5. The van der Waals surface area contributed by atoms with Gasteiger partial charge in [0.15, 0.2) is 34.6 Å². The van der Waals surface area contributed by atoms with Crippen molar-refractivity contribution in [3.63, 3.8) is 0 Å². The van der Waals surface area contributed by atoms with Gasteiger partial charge in [0, 0.05) is 128 Å². The van der Waals surface area contributed by atoms with Crippen LogP contribution >= 0.6 is 11.6 Å². The van der Waals surface area contributed by atoms with Gasteiger partial charge in [-0.2, -0.15) is 0 Å². The van der Waals surface area contributed by atoms with Crippen LogP contribution < -0.4 is 72.1 Å². The van der Waals surface area contributed by atoms with Crippen molar-refractivity contribution < 1.29 is 32.5 Å². The summed E-state index contributed by atoms with van der Waals surface area (Å²) in [6, 6.07) is 41.8. The molecule has 8 aromatic heterocycles. The van der Waals surface area contributed by atoms with Crippen molar-refractivity contribution in [2.24, 2.45) is 0 Å². The molecule has 23 nitrogen and oxygen atoms in total. The molecule has 1 atom stereocenters. The number of piperidine rings is 1. The maximum atomic E-state index is 14.0. The highest BCUT2D eigenvalue weighted by Crippen LogP contribution is 2.34. The molecule has 4 aromatic carbocycles. The summed E-state index contributed by atoms with van der Waals surface area (Å²) in [6.07, 6.45) is 15.8. The van der Waals surface area contributed by atoms with E-state index in [0.717, 1.165) is 118 Å². The number of halogens is 3. The van der Waals surface area contributed by atoms with Gasteiger partial charge in [0.1, 0.15) is 28.4 Å². The van der Waals surface area contributed by atoms with Crippen molar-refractivity contribution in [3.8, 4) is 73.8 Å². The topological polar surface area (TPSA) is 238 Å². The number of piperazine rings is 1. The van der Waals surface area contributed by atoms with Gasteiger partial charge in [0.05, 0.1) is 69.7 Å². The van der Waals surface area contributed by atoms with E-state index in [-0.39, 0.29) is 33.0 Å². The number of benzene rings is 4. The quantitative estimate of drug-likeness (QED) is 0.0791. The van der Waals surface area contributed by atoms with Gasteiger partial charge >= 0.3 is 0 Å². The van der Waals surface area contributed by atoms with Crippen molar-refractivity contribution in [2.45, 2.75) is 44.7 Å². The molecule has 4 aliphatic rings. The first-order valence-electron chi connectivity index (χ1n) is 35.5. The van der Waals surface area contributed by atoms with E-state index in [0.29, 0.717) is 91.6 Å². The van der Waals surface area contributed by atoms with Crippen molar-refractivity contribution >= 4 is 56.7 Å². The fourth-order valence-corrected chi connectivity index (χ4v) is 13.7. The van der Waals surface area contributed by atoms with Gasteiger partial charge in [-0.15, -0.1) is 0 Å². The Kier molecular flexibility index (Phi) is 23.4. The summed E-state index contributed by atoms with van der Waals surface area (Å²) >= 11 is 5.91. The van der Waals surface area contributed by atoms with Crippen molar-refractivity contribution in [1.82, 2.24) is 58.4 Å². The van der Waals surface area contributed by atoms with E-state index in [4.69, 9.17) is 35.3 Å². The number of fused-ring (bicyclic) bond motifs is 4. The van der Waals surface area contributed by atoms with E-state index in [2.05, 4.69) is 77.1 Å². The Morgan fingerprint density at radius 2 is 0.963 bits per heavy atom. The van der Waals surface area contributed by atoms with Gasteiger partial charge in [-0.3, -0.25) is 36.8 Å². The van der Waals surface area contributed by atoms with Gasteiger partial charge in [-0.05, 0) is 203 Å². The van der Waals surface area contributed by atoms with Crippen molar-refractivity contribution in [1.29, 1.82) is 0 Å². The summed E-state index contributed by atoms with van der Waals surface area (Å²) in [6.45, 7) is 10.6. The number of methoxy groups -OCH3 is 5. The van der Waals surface area contributed by atoms with Crippen molar-refractivity contribution in [3.05, 3.63) is 252 Å². The van der Waals surface area contributed by atoms with Crippen LogP contribution in [0.2, 0.25) is 5.02 Å². The Balaban J connectivity index is 0.000000127. The van der Waals surface area contributed by atoms with Crippen LogP contribution in [0, 0.1) is 11.6 Å². The molecule has 0 spiro atoms. The Hall–Kier alpha value is -11.6. The summed E-state index contributed by atoms with van der Waals surface area (Å²) in [7, 11) is 9.87. The molecule has 0 aliphatic carbocycles. The summed E-state index contributed by atoms with van der Waals surface area (Å²) in [5.74, 6) is 1.69. The largest absolute Gasteiger partial charge is 0.494 e. The molecular formula is C82H83ClF2N14O9. The molecule has 0 bridgehead atoms. The molecule has 2 fully saturated rings. The predicted molar refractivity (Wildman–Crippen MR) is 420 cm³/mol. The summed E-state index contributed by atoms with van der Waals surface area (Å²) in [4.78, 5) is 73.5. The van der Waals surface area contributed by atoms with E-state index in [9.17, 15) is 28.0 Å². The summed E-state index contributed by atoms with van der Waals surface area (Å²) in [5, 5.41) is 13.8. The molecule has 0 saturated carbocycles. The van der Waals surface area contributed by atoms with Crippen LogP contribution in [-0.2, 0) is 0 Å². The Morgan fingerprint density at radius 1 is 0.472 bits per heavy atom. The molecule has 0 amide bonds. The Bertz CT molecular complexity index is 5630. The molecule has 556 valence electrons. The van der Waals surface area contributed by atoms with Crippen LogP contribution in [0.3, 0.4) is 0 Å². The van der Waals surface area contributed by atoms with Crippen LogP contribution in [-0.4, -0.2) is 156 Å². The third-order valence-electron chi connectivity index (χ3n) is 19.2. The number of nitrogens with one attached hydrogen (secondary N) is 4. The van der Waals surface area contributed by atoms with Gasteiger partial charge in [0.2, 0.25) is 0 Å². The molecular weight excluding hydrogens is 1400 g/mol. The molecule has 4 aliphatic heterocycles. The molecule has 26 heteroatoms. The second-order valence-electron chi connectivity index (χ2n) is 26.5. The third-order valence-corrected chi connectivity index (χ3v) is 19.5. The minimum atomic E-state index is -0.486. The van der Waals surface area contributed by atoms with E-state index in [1.54, 1.807) is 61.5 Å². The lowest BCUT2D eigenvalue weighted by Gasteiger charge is -2.33. The minimum Gasteiger partial charge on any atom is -0.494 e. The fourth-order valence-electron chi connectivity index (χ4n) is 13.4. The monoisotopic (exact) mass is 1480 g/mol. The summed E-state index contributed by atoms with van der Waals surface area (Å²) < 4.78 is 60.0. The molecule has 16 rings (SSSR count). The van der Waals surface area contributed by atoms with Crippen LogP contribution in [0.4, 0.5) is 20.2 Å². The second kappa shape index (κ2) is 33.9. The smallest absolute Gasteiger partial charge is 0.258 e. The number of nitrogens with zero attached hydrogens (tertiary/aromatic N) is 10. The molecule has 12 heterocycles. The lowest BCUT2D eigenvalue weighted by atomic mass is 10.0. The molecule has 0 radical (unpaired) electrons. The van der Waals surface area contributed by atoms with Gasteiger partial charge < -0.3 is 54.8 Å². The zero-order valence-electron chi connectivity index (χ0n) is 60.9.